The first kappa shape index (κ1) is 11.8. The van der Waals surface area contributed by atoms with Crippen LogP contribution in [0.3, 0.4) is 0 Å². The Kier molecular flexibility index (Phi) is 2.88. The average molecular weight is 245 g/mol. The van der Waals surface area contributed by atoms with E-state index in [1.165, 1.54) is 12.8 Å². The minimum atomic E-state index is -0.172. The van der Waals surface area contributed by atoms with Crippen molar-refractivity contribution in [1.82, 2.24) is 0 Å². The van der Waals surface area contributed by atoms with Crippen LogP contribution in [0.1, 0.15) is 30.2 Å². The normalized spacial score (nSPS) is 19.1. The van der Waals surface area contributed by atoms with Gasteiger partial charge in [0, 0.05) is 12.5 Å². The minimum absolute atomic E-state index is 0.0749. The number of nitrogens with two attached hydrogens (primary N) is 1. The lowest BCUT2D eigenvalue weighted by molar-refractivity contribution is 0.0568. The molecule has 0 amide bonds. The third-order valence-corrected chi connectivity index (χ3v) is 3.80. The molecule has 1 aliphatic carbocycles. The molecule has 2 unspecified atom stereocenters. The smallest absolute Gasteiger partial charge is 0.137 e. The maximum absolute atomic E-state index is 6.29. The number of methoxy groups -OCH3 is 1. The molecule has 0 spiro atoms. The van der Waals surface area contributed by atoms with Gasteiger partial charge in [-0.05, 0) is 37.3 Å². The summed E-state index contributed by atoms with van der Waals surface area (Å²) in [6.45, 7) is 2.05. The Morgan fingerprint density at radius 1 is 1.39 bits per heavy atom. The second-order valence-electron chi connectivity index (χ2n) is 5.21. The van der Waals surface area contributed by atoms with Crippen molar-refractivity contribution in [2.45, 2.75) is 31.9 Å². The molecule has 0 saturated heterocycles. The van der Waals surface area contributed by atoms with Gasteiger partial charge in [-0.2, -0.15) is 0 Å². The van der Waals surface area contributed by atoms with E-state index in [2.05, 4.69) is 19.1 Å². The maximum Gasteiger partial charge on any atom is 0.137 e. The molecule has 0 bridgehead atoms. The van der Waals surface area contributed by atoms with Gasteiger partial charge in [-0.1, -0.05) is 18.2 Å². The lowest BCUT2D eigenvalue weighted by atomic mass is 10.0. The largest absolute Gasteiger partial charge is 0.459 e. The van der Waals surface area contributed by atoms with Crippen LogP contribution in [0.4, 0.5) is 0 Å². The van der Waals surface area contributed by atoms with Crippen molar-refractivity contribution >= 4 is 11.0 Å². The van der Waals surface area contributed by atoms with Gasteiger partial charge in [-0.15, -0.1) is 0 Å². The first-order valence-electron chi connectivity index (χ1n) is 6.48. The standard InChI is InChI=1S/C15H19NO2/c1-9-4-3-5-11-8-12(18-14(9)11)13(16)15(17-2)10-6-7-10/h3-5,8,10,13,15H,6-7,16H2,1-2H3. The van der Waals surface area contributed by atoms with Crippen LogP contribution in [0.2, 0.25) is 0 Å². The summed E-state index contributed by atoms with van der Waals surface area (Å²) in [7, 11) is 1.73. The first-order chi connectivity index (χ1) is 8.70. The second-order valence-corrected chi connectivity index (χ2v) is 5.21. The van der Waals surface area contributed by atoms with Gasteiger partial charge in [-0.3, -0.25) is 0 Å². The molecule has 1 fully saturated rings. The van der Waals surface area contributed by atoms with Crippen molar-refractivity contribution in [2.24, 2.45) is 11.7 Å². The molecule has 3 heteroatoms. The summed E-state index contributed by atoms with van der Waals surface area (Å²) < 4.78 is 11.4. The number of para-hydroxylation sites is 1. The summed E-state index contributed by atoms with van der Waals surface area (Å²) in [5.41, 5.74) is 8.37. The van der Waals surface area contributed by atoms with Gasteiger partial charge in [0.15, 0.2) is 0 Å². The number of ether oxygens (including phenoxy) is 1. The van der Waals surface area contributed by atoms with Crippen LogP contribution in [0, 0.1) is 12.8 Å². The van der Waals surface area contributed by atoms with Crippen LogP contribution in [0.15, 0.2) is 28.7 Å². The van der Waals surface area contributed by atoms with Gasteiger partial charge in [0.05, 0.1) is 12.1 Å². The second kappa shape index (κ2) is 4.41. The van der Waals surface area contributed by atoms with E-state index in [0.29, 0.717) is 5.92 Å². The minimum Gasteiger partial charge on any atom is -0.459 e. The Morgan fingerprint density at radius 3 is 2.78 bits per heavy atom. The zero-order valence-corrected chi connectivity index (χ0v) is 10.8. The highest BCUT2D eigenvalue weighted by Crippen LogP contribution is 2.39. The summed E-state index contributed by atoms with van der Waals surface area (Å²) in [6, 6.07) is 8.02. The molecule has 3 nitrogen and oxygen atoms in total. The monoisotopic (exact) mass is 245 g/mol. The lowest BCUT2D eigenvalue weighted by Crippen LogP contribution is -2.29. The Bertz CT molecular complexity index is 557. The Balaban J connectivity index is 1.95. The van der Waals surface area contributed by atoms with Crippen molar-refractivity contribution in [3.05, 3.63) is 35.6 Å². The summed E-state index contributed by atoms with van der Waals surface area (Å²) >= 11 is 0. The van der Waals surface area contributed by atoms with Gasteiger partial charge < -0.3 is 14.9 Å². The quantitative estimate of drug-likeness (QED) is 0.900. The summed E-state index contributed by atoms with van der Waals surface area (Å²) in [5, 5.41) is 1.12. The van der Waals surface area contributed by atoms with E-state index < -0.39 is 0 Å². The van der Waals surface area contributed by atoms with Crippen LogP contribution in [0.25, 0.3) is 11.0 Å². The van der Waals surface area contributed by atoms with Crippen molar-refractivity contribution in [2.75, 3.05) is 7.11 Å². The molecule has 2 N–H and O–H groups in total. The molecule has 1 aromatic heterocycles. The molecule has 1 aliphatic rings. The van der Waals surface area contributed by atoms with Crippen LogP contribution in [-0.2, 0) is 4.74 Å². The Morgan fingerprint density at radius 2 is 2.17 bits per heavy atom. The zero-order chi connectivity index (χ0) is 12.7. The predicted octanol–water partition coefficient (Wildman–Crippen LogP) is 3.17. The maximum atomic E-state index is 6.29. The highest BCUT2D eigenvalue weighted by atomic mass is 16.5. The van der Waals surface area contributed by atoms with Crippen LogP contribution in [0.5, 0.6) is 0 Å². The average Bonchev–Trinajstić information content (AvgIpc) is 3.08. The van der Waals surface area contributed by atoms with Crippen LogP contribution in [-0.4, -0.2) is 13.2 Å². The molecular weight excluding hydrogens is 226 g/mol. The molecule has 1 aromatic carbocycles. The van der Waals surface area contributed by atoms with E-state index in [1.807, 2.05) is 12.1 Å². The van der Waals surface area contributed by atoms with E-state index in [-0.39, 0.29) is 12.1 Å². The fourth-order valence-electron chi connectivity index (χ4n) is 2.61. The van der Waals surface area contributed by atoms with Crippen molar-refractivity contribution in [3.63, 3.8) is 0 Å². The van der Waals surface area contributed by atoms with Crippen molar-refractivity contribution < 1.29 is 9.15 Å². The Labute approximate surface area is 107 Å². The number of benzene rings is 1. The highest BCUT2D eigenvalue weighted by Gasteiger charge is 2.37. The van der Waals surface area contributed by atoms with Crippen LogP contribution >= 0.6 is 0 Å². The first-order valence-corrected chi connectivity index (χ1v) is 6.48. The number of rotatable bonds is 4. The molecular formula is C15H19NO2. The number of hydrogen-bond acceptors (Lipinski definition) is 3. The van der Waals surface area contributed by atoms with E-state index in [9.17, 15) is 0 Å². The van der Waals surface area contributed by atoms with E-state index >= 15 is 0 Å². The number of furan rings is 1. The molecule has 2 aromatic rings. The summed E-state index contributed by atoms with van der Waals surface area (Å²) in [5.74, 6) is 1.43. The molecule has 96 valence electrons. The number of fused-ring (bicyclic) bond motifs is 1. The van der Waals surface area contributed by atoms with Gasteiger partial charge in [-0.25, -0.2) is 0 Å². The number of aryl methyl sites for hydroxylation is 1. The molecule has 0 aliphatic heterocycles. The summed E-state index contributed by atoms with van der Waals surface area (Å²) in [4.78, 5) is 0. The van der Waals surface area contributed by atoms with E-state index in [1.54, 1.807) is 7.11 Å². The van der Waals surface area contributed by atoms with Gasteiger partial charge in [0.25, 0.3) is 0 Å². The SMILES string of the molecule is COC(C1CC1)C(N)c1cc2cccc(C)c2o1. The van der Waals surface area contributed by atoms with Gasteiger partial charge in [0.1, 0.15) is 11.3 Å². The molecule has 3 rings (SSSR count). The van der Waals surface area contributed by atoms with Gasteiger partial charge >= 0.3 is 0 Å². The zero-order valence-electron chi connectivity index (χ0n) is 10.8. The fraction of sp³-hybridized carbons (Fsp3) is 0.467. The molecule has 1 saturated carbocycles. The van der Waals surface area contributed by atoms with Crippen molar-refractivity contribution in [3.8, 4) is 0 Å². The van der Waals surface area contributed by atoms with Crippen molar-refractivity contribution in [1.29, 1.82) is 0 Å². The van der Waals surface area contributed by atoms with E-state index in [4.69, 9.17) is 14.9 Å². The van der Waals surface area contributed by atoms with Crippen LogP contribution < -0.4 is 5.73 Å². The lowest BCUT2D eigenvalue weighted by Gasteiger charge is -2.20. The fourth-order valence-corrected chi connectivity index (χ4v) is 2.61. The highest BCUT2D eigenvalue weighted by molar-refractivity contribution is 5.81. The molecule has 18 heavy (non-hydrogen) atoms. The summed E-state index contributed by atoms with van der Waals surface area (Å²) in [6.07, 6.45) is 2.50. The predicted molar refractivity (Wildman–Crippen MR) is 71.4 cm³/mol. The topological polar surface area (TPSA) is 48.4 Å². The third kappa shape index (κ3) is 1.93. The van der Waals surface area contributed by atoms with E-state index in [0.717, 1.165) is 22.3 Å². The van der Waals surface area contributed by atoms with Gasteiger partial charge in [0.2, 0.25) is 0 Å². The molecule has 1 heterocycles. The Hall–Kier alpha value is -1.32. The number of hydrogen-bond donors (Lipinski definition) is 1. The molecule has 0 radical (unpaired) electrons. The third-order valence-electron chi connectivity index (χ3n) is 3.80. The molecule has 2 atom stereocenters.